The molecule has 1 heterocycles. The van der Waals surface area contributed by atoms with Gasteiger partial charge in [0.05, 0.1) is 11.4 Å². The number of ether oxygens (including phenoxy) is 2. The van der Waals surface area contributed by atoms with Crippen LogP contribution in [0.25, 0.3) is 0 Å². The standard InChI is InChI=1S/C23H21FN2O5S/c1-15-6-11-19(32(28,29)26-17-9-7-16(24)8-10-17)12-20(15)23(27)25-13-18-14-30-21-4-2-3-5-22(21)31-18/h2-12,18,26H,13-14H2,1H3,(H,25,27). The van der Waals surface area contributed by atoms with Gasteiger partial charge in [-0.1, -0.05) is 18.2 Å². The molecule has 0 fully saturated rings. The van der Waals surface area contributed by atoms with Crippen molar-refractivity contribution in [2.75, 3.05) is 17.9 Å². The van der Waals surface area contributed by atoms with Gasteiger partial charge in [0.25, 0.3) is 15.9 Å². The molecule has 166 valence electrons. The van der Waals surface area contributed by atoms with Gasteiger partial charge in [-0.3, -0.25) is 9.52 Å². The van der Waals surface area contributed by atoms with Crippen LogP contribution in [0.5, 0.6) is 11.5 Å². The fraction of sp³-hybridized carbons (Fsp3) is 0.174. The van der Waals surface area contributed by atoms with E-state index >= 15 is 0 Å². The number of benzene rings is 3. The summed E-state index contributed by atoms with van der Waals surface area (Å²) in [5.41, 5.74) is 1.06. The maximum Gasteiger partial charge on any atom is 0.261 e. The first-order valence-corrected chi connectivity index (χ1v) is 11.4. The number of fused-ring (bicyclic) bond motifs is 1. The van der Waals surface area contributed by atoms with E-state index in [4.69, 9.17) is 9.47 Å². The van der Waals surface area contributed by atoms with Crippen LogP contribution in [0.1, 0.15) is 15.9 Å². The summed E-state index contributed by atoms with van der Waals surface area (Å²) in [5.74, 6) is 0.355. The molecule has 3 aromatic rings. The van der Waals surface area contributed by atoms with Crippen LogP contribution in [-0.2, 0) is 10.0 Å². The van der Waals surface area contributed by atoms with E-state index in [0.29, 0.717) is 17.1 Å². The van der Waals surface area contributed by atoms with E-state index in [0.717, 1.165) is 12.1 Å². The monoisotopic (exact) mass is 456 g/mol. The summed E-state index contributed by atoms with van der Waals surface area (Å²) in [6.07, 6.45) is -0.374. The Labute approximate surface area is 185 Å². The zero-order chi connectivity index (χ0) is 22.7. The van der Waals surface area contributed by atoms with Gasteiger partial charge in [-0.2, -0.15) is 0 Å². The lowest BCUT2D eigenvalue weighted by Gasteiger charge is -2.26. The van der Waals surface area contributed by atoms with Gasteiger partial charge in [0.1, 0.15) is 18.5 Å². The molecule has 7 nitrogen and oxygen atoms in total. The second kappa shape index (κ2) is 8.88. The predicted octanol–water partition coefficient (Wildman–Crippen LogP) is 3.50. The van der Waals surface area contributed by atoms with Gasteiger partial charge < -0.3 is 14.8 Å². The highest BCUT2D eigenvalue weighted by atomic mass is 32.2. The molecule has 3 aromatic carbocycles. The Morgan fingerprint density at radius 1 is 1.06 bits per heavy atom. The highest BCUT2D eigenvalue weighted by Crippen LogP contribution is 2.30. The zero-order valence-corrected chi connectivity index (χ0v) is 18.0. The number of para-hydroxylation sites is 2. The van der Waals surface area contributed by atoms with Gasteiger partial charge in [-0.25, -0.2) is 12.8 Å². The molecule has 4 rings (SSSR count). The number of rotatable bonds is 6. The first-order chi connectivity index (χ1) is 15.3. The van der Waals surface area contributed by atoms with E-state index in [1.54, 1.807) is 25.1 Å². The van der Waals surface area contributed by atoms with Gasteiger partial charge in [-0.15, -0.1) is 0 Å². The van der Waals surface area contributed by atoms with E-state index in [9.17, 15) is 17.6 Å². The SMILES string of the molecule is Cc1ccc(S(=O)(=O)Nc2ccc(F)cc2)cc1C(=O)NCC1COc2ccccc2O1. The van der Waals surface area contributed by atoms with Crippen LogP contribution in [-0.4, -0.2) is 33.6 Å². The maximum absolute atomic E-state index is 13.1. The third kappa shape index (κ3) is 4.83. The minimum absolute atomic E-state index is 0.0799. The lowest BCUT2D eigenvalue weighted by Crippen LogP contribution is -2.40. The normalized spacial score (nSPS) is 15.1. The molecular formula is C23H21FN2O5S. The maximum atomic E-state index is 13.1. The summed E-state index contributed by atoms with van der Waals surface area (Å²) in [4.78, 5) is 12.7. The number of halogens is 1. The van der Waals surface area contributed by atoms with Crippen LogP contribution in [0.2, 0.25) is 0 Å². The molecule has 1 aliphatic rings. The van der Waals surface area contributed by atoms with Crippen LogP contribution in [0, 0.1) is 12.7 Å². The Kier molecular flexibility index (Phi) is 6.00. The average molecular weight is 456 g/mol. The number of hydrogen-bond acceptors (Lipinski definition) is 5. The van der Waals surface area contributed by atoms with Gasteiger partial charge in [0, 0.05) is 11.3 Å². The molecule has 1 atom stereocenters. The second-order valence-corrected chi connectivity index (χ2v) is 8.98. The minimum atomic E-state index is -3.96. The van der Waals surface area contributed by atoms with E-state index < -0.39 is 21.7 Å². The lowest BCUT2D eigenvalue weighted by molar-refractivity contribution is 0.0789. The Morgan fingerprint density at radius 2 is 1.78 bits per heavy atom. The van der Waals surface area contributed by atoms with E-state index in [1.807, 2.05) is 12.1 Å². The topological polar surface area (TPSA) is 93.7 Å². The van der Waals surface area contributed by atoms with Crippen LogP contribution in [0.15, 0.2) is 71.6 Å². The van der Waals surface area contributed by atoms with E-state index in [1.165, 1.54) is 24.3 Å². The predicted molar refractivity (Wildman–Crippen MR) is 117 cm³/mol. The van der Waals surface area contributed by atoms with Crippen molar-refractivity contribution in [2.45, 2.75) is 17.9 Å². The molecule has 1 amide bonds. The summed E-state index contributed by atoms with van der Waals surface area (Å²) < 4.78 is 52.4. The smallest absolute Gasteiger partial charge is 0.261 e. The fourth-order valence-corrected chi connectivity index (χ4v) is 4.29. The number of sulfonamides is 1. The lowest BCUT2D eigenvalue weighted by atomic mass is 10.1. The molecule has 0 bridgehead atoms. The van der Waals surface area contributed by atoms with Gasteiger partial charge in [0.2, 0.25) is 0 Å². The third-order valence-electron chi connectivity index (χ3n) is 4.92. The molecule has 0 aliphatic carbocycles. The Balaban J connectivity index is 1.45. The molecule has 32 heavy (non-hydrogen) atoms. The molecule has 1 aliphatic heterocycles. The minimum Gasteiger partial charge on any atom is -0.486 e. The van der Waals surface area contributed by atoms with Crippen molar-refractivity contribution < 1.29 is 27.1 Å². The molecule has 0 saturated heterocycles. The van der Waals surface area contributed by atoms with Crippen molar-refractivity contribution in [2.24, 2.45) is 0 Å². The number of carbonyl (C=O) groups excluding carboxylic acids is 1. The van der Waals surface area contributed by atoms with Crippen molar-refractivity contribution >= 4 is 21.6 Å². The Morgan fingerprint density at radius 3 is 2.53 bits per heavy atom. The molecule has 0 radical (unpaired) electrons. The van der Waals surface area contributed by atoms with Crippen molar-refractivity contribution in [3.05, 3.63) is 83.7 Å². The molecule has 0 saturated carbocycles. The van der Waals surface area contributed by atoms with Gasteiger partial charge >= 0.3 is 0 Å². The van der Waals surface area contributed by atoms with Gasteiger partial charge in [0.15, 0.2) is 11.5 Å². The molecule has 1 unspecified atom stereocenters. The van der Waals surface area contributed by atoms with Crippen molar-refractivity contribution in [3.63, 3.8) is 0 Å². The first kappa shape index (κ1) is 21.6. The van der Waals surface area contributed by atoms with Gasteiger partial charge in [-0.05, 0) is 61.0 Å². The van der Waals surface area contributed by atoms with Crippen LogP contribution in [0.4, 0.5) is 10.1 Å². The zero-order valence-electron chi connectivity index (χ0n) is 17.2. The van der Waals surface area contributed by atoms with Crippen LogP contribution in [0.3, 0.4) is 0 Å². The Bertz CT molecular complexity index is 1250. The summed E-state index contributed by atoms with van der Waals surface area (Å²) in [5, 5.41) is 2.77. The second-order valence-electron chi connectivity index (χ2n) is 7.30. The summed E-state index contributed by atoms with van der Waals surface area (Å²) in [7, 11) is -3.96. The van der Waals surface area contributed by atoms with Crippen molar-refractivity contribution in [1.29, 1.82) is 0 Å². The molecule has 0 spiro atoms. The summed E-state index contributed by atoms with van der Waals surface area (Å²) >= 11 is 0. The largest absolute Gasteiger partial charge is 0.486 e. The molecule has 0 aromatic heterocycles. The highest BCUT2D eigenvalue weighted by molar-refractivity contribution is 7.92. The fourth-order valence-electron chi connectivity index (χ4n) is 3.21. The quantitative estimate of drug-likeness (QED) is 0.592. The van der Waals surface area contributed by atoms with Crippen molar-refractivity contribution in [3.8, 4) is 11.5 Å². The Hall–Kier alpha value is -3.59. The average Bonchev–Trinajstić information content (AvgIpc) is 2.79. The van der Waals surface area contributed by atoms with E-state index in [-0.39, 0.29) is 35.4 Å². The summed E-state index contributed by atoms with van der Waals surface area (Å²) in [6, 6.07) is 16.5. The first-order valence-electron chi connectivity index (χ1n) is 9.87. The number of carbonyl (C=O) groups is 1. The van der Waals surface area contributed by atoms with Crippen LogP contribution < -0.4 is 19.5 Å². The van der Waals surface area contributed by atoms with E-state index in [2.05, 4.69) is 10.0 Å². The molecule has 2 N–H and O–H groups in total. The number of amides is 1. The third-order valence-corrected chi connectivity index (χ3v) is 6.30. The molecular weight excluding hydrogens is 435 g/mol. The number of anilines is 1. The van der Waals surface area contributed by atoms with Crippen LogP contribution >= 0.6 is 0 Å². The number of hydrogen-bond donors (Lipinski definition) is 2. The summed E-state index contributed by atoms with van der Waals surface area (Å²) in [6.45, 7) is 2.19. The van der Waals surface area contributed by atoms with Crippen molar-refractivity contribution in [1.82, 2.24) is 5.32 Å². The highest BCUT2D eigenvalue weighted by Gasteiger charge is 2.23. The molecule has 9 heteroatoms. The number of nitrogens with one attached hydrogen (secondary N) is 2. The number of aryl methyl sites for hydroxylation is 1.